The number of hydrogen-bond acceptors (Lipinski definition) is 2. The second-order valence-corrected chi connectivity index (χ2v) is 5.02. The van der Waals surface area contributed by atoms with Crippen molar-refractivity contribution in [3.8, 4) is 0 Å². The fourth-order valence-electron chi connectivity index (χ4n) is 2.96. The zero-order chi connectivity index (χ0) is 11.7. The van der Waals surface area contributed by atoms with Crippen LogP contribution < -0.4 is 5.32 Å². The normalized spacial score (nSPS) is 24.3. The molecule has 0 bridgehead atoms. The lowest BCUT2D eigenvalue weighted by Gasteiger charge is -2.20. The van der Waals surface area contributed by atoms with Crippen LogP contribution in [0, 0.1) is 5.92 Å². The maximum Gasteiger partial charge on any atom is 0.0651 e. The minimum atomic E-state index is 0.657. The van der Waals surface area contributed by atoms with Crippen LogP contribution in [0.4, 0.5) is 5.69 Å². The Hall–Kier alpha value is -1.51. The molecule has 2 atom stereocenters. The quantitative estimate of drug-likeness (QED) is 0.845. The minimum absolute atomic E-state index is 0.657. The number of nitrogens with one attached hydrogen (secondary N) is 2. The number of anilines is 1. The molecule has 0 saturated heterocycles. The number of fused-ring (bicyclic) bond motifs is 1. The van der Waals surface area contributed by atoms with Crippen LogP contribution in [0.1, 0.15) is 32.6 Å². The first-order chi connectivity index (χ1) is 8.36. The molecule has 2 aromatic rings. The van der Waals surface area contributed by atoms with E-state index >= 15 is 0 Å². The Morgan fingerprint density at radius 3 is 3.24 bits per heavy atom. The predicted molar refractivity (Wildman–Crippen MR) is 71.1 cm³/mol. The molecule has 1 saturated carbocycles. The van der Waals surface area contributed by atoms with Gasteiger partial charge in [-0.25, -0.2) is 0 Å². The third-order valence-corrected chi connectivity index (χ3v) is 3.98. The van der Waals surface area contributed by atoms with Crippen LogP contribution in [0.25, 0.3) is 10.9 Å². The standard InChI is InChI=1S/C14H19N3/c1-2-10-4-3-5-13(10)16-12-6-7-14-11(8-12)9-15-17-14/h6-10,13,16H,2-5H2,1H3,(H,15,17). The Labute approximate surface area is 102 Å². The van der Waals surface area contributed by atoms with E-state index in [1.54, 1.807) is 0 Å². The van der Waals surface area contributed by atoms with Crippen molar-refractivity contribution in [2.24, 2.45) is 5.92 Å². The second-order valence-electron chi connectivity index (χ2n) is 5.02. The van der Waals surface area contributed by atoms with Gasteiger partial charge in [0.1, 0.15) is 0 Å². The first-order valence-corrected chi connectivity index (χ1v) is 6.56. The first-order valence-electron chi connectivity index (χ1n) is 6.56. The van der Waals surface area contributed by atoms with Crippen molar-refractivity contribution < 1.29 is 0 Å². The third kappa shape index (κ3) is 2.02. The van der Waals surface area contributed by atoms with Crippen molar-refractivity contribution in [2.75, 3.05) is 5.32 Å². The van der Waals surface area contributed by atoms with Gasteiger partial charge in [0.05, 0.1) is 11.7 Å². The number of hydrogen-bond donors (Lipinski definition) is 2. The summed E-state index contributed by atoms with van der Waals surface area (Å²) in [6, 6.07) is 7.08. The van der Waals surface area contributed by atoms with Crippen molar-refractivity contribution in [3.63, 3.8) is 0 Å². The molecule has 0 amide bonds. The molecule has 0 spiro atoms. The van der Waals surface area contributed by atoms with Gasteiger partial charge in [-0.2, -0.15) is 5.10 Å². The highest BCUT2D eigenvalue weighted by atomic mass is 15.1. The van der Waals surface area contributed by atoms with E-state index in [-0.39, 0.29) is 0 Å². The predicted octanol–water partition coefficient (Wildman–Crippen LogP) is 3.55. The molecule has 0 radical (unpaired) electrons. The van der Waals surface area contributed by atoms with Gasteiger partial charge in [0.15, 0.2) is 0 Å². The molecule has 1 heterocycles. The molecule has 1 aliphatic rings. The lowest BCUT2D eigenvalue weighted by Crippen LogP contribution is -2.23. The third-order valence-electron chi connectivity index (χ3n) is 3.98. The van der Waals surface area contributed by atoms with Gasteiger partial charge in [-0.05, 0) is 37.0 Å². The summed E-state index contributed by atoms with van der Waals surface area (Å²) in [5.41, 5.74) is 2.33. The molecule has 1 aromatic carbocycles. The Balaban J connectivity index is 1.79. The van der Waals surface area contributed by atoms with Gasteiger partial charge in [-0.15, -0.1) is 0 Å². The molecule has 2 unspecified atom stereocenters. The van der Waals surface area contributed by atoms with Crippen molar-refractivity contribution in [2.45, 2.75) is 38.6 Å². The first kappa shape index (κ1) is 10.6. The Morgan fingerprint density at radius 2 is 2.35 bits per heavy atom. The fraction of sp³-hybridized carbons (Fsp3) is 0.500. The van der Waals surface area contributed by atoms with Crippen molar-refractivity contribution in [3.05, 3.63) is 24.4 Å². The second kappa shape index (κ2) is 4.40. The molecule has 3 nitrogen and oxygen atoms in total. The van der Waals surface area contributed by atoms with Crippen LogP contribution in [-0.2, 0) is 0 Å². The fourth-order valence-corrected chi connectivity index (χ4v) is 2.96. The molecule has 3 rings (SSSR count). The summed E-state index contributed by atoms with van der Waals surface area (Å²) >= 11 is 0. The van der Waals surface area contributed by atoms with Crippen molar-refractivity contribution in [1.82, 2.24) is 10.2 Å². The van der Waals surface area contributed by atoms with Crippen molar-refractivity contribution >= 4 is 16.6 Å². The smallest absolute Gasteiger partial charge is 0.0651 e. The lowest BCUT2D eigenvalue weighted by atomic mass is 10.0. The molecule has 90 valence electrons. The number of aromatic amines is 1. The van der Waals surface area contributed by atoms with Gasteiger partial charge >= 0.3 is 0 Å². The molecule has 0 aliphatic heterocycles. The van der Waals surface area contributed by atoms with E-state index in [0.29, 0.717) is 6.04 Å². The summed E-state index contributed by atoms with van der Waals surface area (Å²) in [5.74, 6) is 0.843. The molecule has 2 N–H and O–H groups in total. The zero-order valence-corrected chi connectivity index (χ0v) is 10.2. The number of nitrogens with zero attached hydrogens (tertiary/aromatic N) is 1. The van der Waals surface area contributed by atoms with E-state index in [1.807, 2.05) is 6.20 Å². The van der Waals surface area contributed by atoms with E-state index in [1.165, 1.54) is 36.8 Å². The molecule has 1 aromatic heterocycles. The van der Waals surface area contributed by atoms with E-state index in [4.69, 9.17) is 0 Å². The van der Waals surface area contributed by atoms with Gasteiger partial charge in [0.2, 0.25) is 0 Å². The SMILES string of the molecule is CCC1CCCC1Nc1ccc2[nH]ncc2c1. The molecule has 17 heavy (non-hydrogen) atoms. The highest BCUT2D eigenvalue weighted by Gasteiger charge is 2.25. The maximum absolute atomic E-state index is 4.05. The molecular formula is C14H19N3. The van der Waals surface area contributed by atoms with Crippen LogP contribution in [-0.4, -0.2) is 16.2 Å². The molecule has 1 fully saturated rings. The van der Waals surface area contributed by atoms with Crippen LogP contribution in [0.2, 0.25) is 0 Å². The van der Waals surface area contributed by atoms with Crippen LogP contribution in [0.3, 0.4) is 0 Å². The topological polar surface area (TPSA) is 40.7 Å². The largest absolute Gasteiger partial charge is 0.382 e. The maximum atomic E-state index is 4.05. The van der Waals surface area contributed by atoms with Gasteiger partial charge < -0.3 is 5.32 Å². The van der Waals surface area contributed by atoms with Crippen LogP contribution in [0.5, 0.6) is 0 Å². The zero-order valence-electron chi connectivity index (χ0n) is 10.2. The Morgan fingerprint density at radius 1 is 1.41 bits per heavy atom. The van der Waals surface area contributed by atoms with E-state index in [2.05, 4.69) is 40.6 Å². The average Bonchev–Trinajstić information content (AvgIpc) is 2.96. The monoisotopic (exact) mass is 229 g/mol. The van der Waals surface area contributed by atoms with E-state index in [0.717, 1.165) is 11.4 Å². The number of aromatic nitrogens is 2. The van der Waals surface area contributed by atoms with Gasteiger partial charge in [-0.1, -0.05) is 19.8 Å². The van der Waals surface area contributed by atoms with Gasteiger partial charge in [-0.3, -0.25) is 5.10 Å². The van der Waals surface area contributed by atoms with Gasteiger partial charge in [0, 0.05) is 17.1 Å². The molecule has 1 aliphatic carbocycles. The Bertz CT molecular complexity index is 503. The minimum Gasteiger partial charge on any atom is -0.382 e. The van der Waals surface area contributed by atoms with E-state index < -0.39 is 0 Å². The number of rotatable bonds is 3. The van der Waals surface area contributed by atoms with Crippen molar-refractivity contribution in [1.29, 1.82) is 0 Å². The summed E-state index contributed by atoms with van der Waals surface area (Å²) in [6.45, 7) is 2.30. The summed E-state index contributed by atoms with van der Waals surface area (Å²) in [6.07, 6.45) is 7.21. The molecule has 3 heteroatoms. The van der Waals surface area contributed by atoms with E-state index in [9.17, 15) is 0 Å². The lowest BCUT2D eigenvalue weighted by molar-refractivity contribution is 0.489. The van der Waals surface area contributed by atoms with Gasteiger partial charge in [0.25, 0.3) is 0 Å². The average molecular weight is 229 g/mol. The Kier molecular flexibility index (Phi) is 2.75. The van der Waals surface area contributed by atoms with Crippen LogP contribution >= 0.6 is 0 Å². The summed E-state index contributed by atoms with van der Waals surface area (Å²) in [4.78, 5) is 0. The molecular weight excluding hydrogens is 210 g/mol. The summed E-state index contributed by atoms with van der Waals surface area (Å²) < 4.78 is 0. The summed E-state index contributed by atoms with van der Waals surface area (Å²) in [7, 11) is 0. The summed E-state index contributed by atoms with van der Waals surface area (Å²) in [5, 5.41) is 11.9. The highest BCUT2D eigenvalue weighted by molar-refractivity contribution is 5.81. The highest BCUT2D eigenvalue weighted by Crippen LogP contribution is 2.31. The van der Waals surface area contributed by atoms with Crippen LogP contribution in [0.15, 0.2) is 24.4 Å². The number of benzene rings is 1. The number of H-pyrrole nitrogens is 1.